The number of halogens is 1. The summed E-state index contributed by atoms with van der Waals surface area (Å²) < 4.78 is 12.9. The first kappa shape index (κ1) is 16.1. The minimum Gasteiger partial charge on any atom is -0.389 e. The van der Waals surface area contributed by atoms with Crippen LogP contribution in [-0.4, -0.2) is 41.5 Å². The highest BCUT2D eigenvalue weighted by Crippen LogP contribution is 2.23. The third-order valence-corrected chi connectivity index (χ3v) is 4.04. The zero-order valence-electron chi connectivity index (χ0n) is 12.1. The Bertz CT molecular complexity index is 464. The normalized spacial score (nSPS) is 19.9. The highest BCUT2D eigenvalue weighted by molar-refractivity contribution is 5.93. The fourth-order valence-electron chi connectivity index (χ4n) is 2.81. The van der Waals surface area contributed by atoms with Gasteiger partial charge in [-0.25, -0.2) is 4.39 Å². The molecule has 1 aliphatic rings. The Morgan fingerprint density at radius 2 is 2.05 bits per heavy atom. The van der Waals surface area contributed by atoms with Crippen LogP contribution in [0.25, 0.3) is 0 Å². The SMILES string of the molecule is N[C](C(=O)CO)C1CCCCN1CCc1ccc(F)cc1. The number of aliphatic hydroxyl groups excluding tert-OH is 1. The molecule has 21 heavy (non-hydrogen) atoms. The summed E-state index contributed by atoms with van der Waals surface area (Å²) in [6.07, 6.45) is 3.76. The number of ketones is 1. The fourth-order valence-corrected chi connectivity index (χ4v) is 2.81. The standard InChI is InChI=1S/C16H22FN2O2/c17-13-6-4-12(5-7-13)8-10-19-9-2-1-3-14(19)16(18)15(21)11-20/h4-7,14,20H,1-3,8-11,18H2. The van der Waals surface area contributed by atoms with Gasteiger partial charge >= 0.3 is 0 Å². The molecule has 1 saturated heterocycles. The summed E-state index contributed by atoms with van der Waals surface area (Å²) in [5.74, 6) is -0.616. The molecule has 1 aromatic rings. The van der Waals surface area contributed by atoms with Crippen molar-refractivity contribution in [2.24, 2.45) is 5.73 Å². The van der Waals surface area contributed by atoms with Crippen LogP contribution in [-0.2, 0) is 11.2 Å². The second-order valence-corrected chi connectivity index (χ2v) is 5.46. The van der Waals surface area contributed by atoms with Gasteiger partial charge in [-0.15, -0.1) is 0 Å². The number of nitrogens with two attached hydrogens (primary N) is 1. The minimum absolute atomic E-state index is 0.0844. The fraction of sp³-hybridized carbons (Fsp3) is 0.500. The van der Waals surface area contributed by atoms with Crippen LogP contribution in [0.2, 0.25) is 0 Å². The Morgan fingerprint density at radius 3 is 2.71 bits per heavy atom. The van der Waals surface area contributed by atoms with Crippen LogP contribution < -0.4 is 5.73 Å². The van der Waals surface area contributed by atoms with Gasteiger partial charge < -0.3 is 10.8 Å². The predicted octanol–water partition coefficient (Wildman–Crippen LogP) is 1.27. The van der Waals surface area contributed by atoms with Gasteiger partial charge in [0.25, 0.3) is 0 Å². The van der Waals surface area contributed by atoms with E-state index < -0.39 is 6.61 Å². The molecule has 1 heterocycles. The maximum Gasteiger partial charge on any atom is 0.181 e. The van der Waals surface area contributed by atoms with Gasteiger partial charge in [0, 0.05) is 12.6 Å². The summed E-state index contributed by atoms with van der Waals surface area (Å²) in [6.45, 7) is 1.13. The van der Waals surface area contributed by atoms with Crippen LogP contribution in [0, 0.1) is 11.9 Å². The van der Waals surface area contributed by atoms with Gasteiger partial charge in [-0.2, -0.15) is 0 Å². The van der Waals surface area contributed by atoms with E-state index in [9.17, 15) is 9.18 Å². The van der Waals surface area contributed by atoms with E-state index in [1.54, 1.807) is 12.1 Å². The highest BCUT2D eigenvalue weighted by Gasteiger charge is 2.31. The third kappa shape index (κ3) is 4.33. The van der Waals surface area contributed by atoms with Gasteiger partial charge in [0.15, 0.2) is 5.78 Å². The number of benzene rings is 1. The zero-order valence-corrected chi connectivity index (χ0v) is 12.1. The molecule has 0 aliphatic carbocycles. The Morgan fingerprint density at radius 1 is 1.33 bits per heavy atom. The van der Waals surface area contributed by atoms with Gasteiger partial charge in [0.1, 0.15) is 18.5 Å². The van der Waals surface area contributed by atoms with E-state index in [1.165, 1.54) is 12.1 Å². The number of hydrogen-bond donors (Lipinski definition) is 2. The summed E-state index contributed by atoms with van der Waals surface area (Å²) >= 11 is 0. The van der Waals surface area contributed by atoms with E-state index in [1.807, 2.05) is 0 Å². The summed E-state index contributed by atoms with van der Waals surface area (Å²) in [4.78, 5) is 13.8. The molecular weight excluding hydrogens is 271 g/mol. The molecule has 4 nitrogen and oxygen atoms in total. The molecule has 1 radical (unpaired) electrons. The average Bonchev–Trinajstić information content (AvgIpc) is 2.53. The van der Waals surface area contributed by atoms with E-state index >= 15 is 0 Å². The lowest BCUT2D eigenvalue weighted by molar-refractivity contribution is -0.121. The monoisotopic (exact) mass is 293 g/mol. The number of aliphatic hydroxyl groups is 1. The van der Waals surface area contributed by atoms with E-state index in [-0.39, 0.29) is 23.7 Å². The number of carbonyl (C=O) groups excluding carboxylic acids is 1. The highest BCUT2D eigenvalue weighted by atomic mass is 19.1. The van der Waals surface area contributed by atoms with Crippen molar-refractivity contribution in [3.8, 4) is 0 Å². The van der Waals surface area contributed by atoms with Gasteiger partial charge in [-0.1, -0.05) is 18.6 Å². The molecule has 1 aromatic carbocycles. The number of nitrogens with zero attached hydrogens (tertiary/aromatic N) is 1. The maximum absolute atomic E-state index is 12.9. The largest absolute Gasteiger partial charge is 0.389 e. The first-order valence-electron chi connectivity index (χ1n) is 7.36. The van der Waals surface area contributed by atoms with Crippen LogP contribution in [0.1, 0.15) is 24.8 Å². The molecule has 0 spiro atoms. The molecule has 2 rings (SSSR count). The lowest BCUT2D eigenvalue weighted by Gasteiger charge is -2.37. The predicted molar refractivity (Wildman–Crippen MR) is 78.8 cm³/mol. The molecule has 115 valence electrons. The van der Waals surface area contributed by atoms with Crippen molar-refractivity contribution >= 4 is 5.78 Å². The minimum atomic E-state index is -0.534. The molecule has 1 fully saturated rings. The van der Waals surface area contributed by atoms with Crippen molar-refractivity contribution in [1.82, 2.24) is 4.90 Å². The molecule has 0 bridgehead atoms. The lowest BCUT2D eigenvalue weighted by Crippen LogP contribution is -2.50. The van der Waals surface area contributed by atoms with Crippen LogP contribution >= 0.6 is 0 Å². The zero-order chi connectivity index (χ0) is 15.2. The van der Waals surface area contributed by atoms with Crippen molar-refractivity contribution in [2.75, 3.05) is 19.7 Å². The van der Waals surface area contributed by atoms with E-state index in [2.05, 4.69) is 4.90 Å². The van der Waals surface area contributed by atoms with Crippen LogP contribution in [0.5, 0.6) is 0 Å². The number of Topliss-reactive ketones (excluding diaryl/α,β-unsaturated/α-hetero) is 1. The average molecular weight is 293 g/mol. The molecule has 5 heteroatoms. The number of carbonyl (C=O) groups is 1. The van der Waals surface area contributed by atoms with Crippen molar-refractivity contribution < 1.29 is 14.3 Å². The molecule has 1 aliphatic heterocycles. The van der Waals surface area contributed by atoms with Gasteiger partial charge in [-0.05, 0) is 43.5 Å². The number of likely N-dealkylation sites (tertiary alicyclic amines) is 1. The quantitative estimate of drug-likeness (QED) is 0.829. The Labute approximate surface area is 124 Å². The van der Waals surface area contributed by atoms with Crippen molar-refractivity contribution in [3.05, 3.63) is 41.7 Å². The van der Waals surface area contributed by atoms with E-state index in [0.717, 1.165) is 44.3 Å². The second kappa shape index (κ2) is 7.64. The van der Waals surface area contributed by atoms with Gasteiger partial charge in [0.05, 0.1) is 0 Å². The smallest absolute Gasteiger partial charge is 0.181 e. The maximum atomic E-state index is 12.9. The van der Waals surface area contributed by atoms with Gasteiger partial charge in [0.2, 0.25) is 0 Å². The third-order valence-electron chi connectivity index (χ3n) is 4.04. The molecule has 1 atom stereocenters. The van der Waals surface area contributed by atoms with Crippen molar-refractivity contribution in [1.29, 1.82) is 0 Å². The molecule has 0 saturated carbocycles. The lowest BCUT2D eigenvalue weighted by atomic mass is 9.93. The molecule has 3 N–H and O–H groups in total. The molecular formula is C16H22FN2O2. The summed E-state index contributed by atoms with van der Waals surface area (Å²) in [5.41, 5.74) is 6.96. The first-order valence-corrected chi connectivity index (χ1v) is 7.36. The topological polar surface area (TPSA) is 66.6 Å². The van der Waals surface area contributed by atoms with Crippen LogP contribution in [0.4, 0.5) is 4.39 Å². The van der Waals surface area contributed by atoms with Gasteiger partial charge in [-0.3, -0.25) is 9.69 Å². The van der Waals surface area contributed by atoms with E-state index in [4.69, 9.17) is 10.8 Å². The van der Waals surface area contributed by atoms with Crippen LogP contribution in [0.15, 0.2) is 24.3 Å². The number of piperidine rings is 1. The summed E-state index contributed by atoms with van der Waals surface area (Å²) in [5, 5.41) is 8.95. The molecule has 0 aromatic heterocycles. The Kier molecular flexibility index (Phi) is 5.85. The van der Waals surface area contributed by atoms with Crippen molar-refractivity contribution in [3.63, 3.8) is 0 Å². The summed E-state index contributed by atoms with van der Waals surface area (Å²) in [7, 11) is 0. The summed E-state index contributed by atoms with van der Waals surface area (Å²) in [6, 6.07) is 6.65. The Hall–Kier alpha value is -1.30. The second-order valence-electron chi connectivity index (χ2n) is 5.46. The Balaban J connectivity index is 1.95. The number of hydrogen-bond acceptors (Lipinski definition) is 4. The van der Waals surface area contributed by atoms with E-state index in [0.29, 0.717) is 0 Å². The molecule has 1 unspecified atom stereocenters. The number of rotatable bonds is 6. The van der Waals surface area contributed by atoms with Crippen molar-refractivity contribution in [2.45, 2.75) is 31.7 Å². The van der Waals surface area contributed by atoms with Crippen LogP contribution in [0.3, 0.4) is 0 Å². The first-order chi connectivity index (χ1) is 10.1. The molecule has 0 amide bonds.